The molecule has 3 aromatic rings. The average molecular weight is 377 g/mol. The molecule has 7 heteroatoms. The van der Waals surface area contributed by atoms with Crippen LogP contribution in [0.5, 0.6) is 0 Å². The number of non-ortho nitro benzene ring substituents is 1. The number of hydrogen-bond acceptors (Lipinski definition) is 4. The van der Waals surface area contributed by atoms with Crippen LogP contribution in [0.15, 0.2) is 78.9 Å². The Bertz CT molecular complexity index is 989. The number of amides is 1. The van der Waals surface area contributed by atoms with Crippen molar-refractivity contribution >= 4 is 34.6 Å². The second-order valence-electron chi connectivity index (χ2n) is 5.66. The number of nitrogens with zero attached hydrogens (tertiary/aromatic N) is 1. The molecule has 134 valence electrons. The van der Waals surface area contributed by atoms with Gasteiger partial charge >= 0.3 is 0 Å². The molecule has 3 rings (SSSR count). The standard InChI is InChI=1S/C20H15N3O3S/c24-19(16-7-4-8-18(13-16)23(25)26)22-20(27)21-17-11-9-15(10-12-17)14-5-2-1-3-6-14/h1-13H,(H2,21,22,24,27). The summed E-state index contributed by atoms with van der Waals surface area (Å²) in [4.78, 5) is 22.4. The first-order chi connectivity index (χ1) is 13.0. The fourth-order valence-electron chi connectivity index (χ4n) is 2.47. The van der Waals surface area contributed by atoms with E-state index in [2.05, 4.69) is 10.6 Å². The van der Waals surface area contributed by atoms with Crippen molar-refractivity contribution in [3.8, 4) is 11.1 Å². The largest absolute Gasteiger partial charge is 0.332 e. The summed E-state index contributed by atoms with van der Waals surface area (Å²) in [5, 5.41) is 16.4. The summed E-state index contributed by atoms with van der Waals surface area (Å²) in [5.41, 5.74) is 2.89. The Morgan fingerprint density at radius 3 is 2.22 bits per heavy atom. The Kier molecular flexibility index (Phi) is 5.53. The lowest BCUT2D eigenvalue weighted by molar-refractivity contribution is -0.384. The number of carbonyl (C=O) groups is 1. The molecule has 0 radical (unpaired) electrons. The second kappa shape index (κ2) is 8.20. The average Bonchev–Trinajstić information content (AvgIpc) is 2.69. The SMILES string of the molecule is O=C(NC(=S)Nc1ccc(-c2ccccc2)cc1)c1cccc([N+](=O)[O-])c1. The Balaban J connectivity index is 1.63. The zero-order valence-electron chi connectivity index (χ0n) is 14.1. The minimum absolute atomic E-state index is 0.110. The molecule has 0 aliphatic carbocycles. The maximum atomic E-state index is 12.2. The molecular formula is C20H15N3O3S. The van der Waals surface area contributed by atoms with Gasteiger partial charge in [0.25, 0.3) is 11.6 Å². The number of anilines is 1. The van der Waals surface area contributed by atoms with Gasteiger partial charge in [-0.15, -0.1) is 0 Å². The summed E-state index contributed by atoms with van der Waals surface area (Å²) in [6.07, 6.45) is 0. The summed E-state index contributed by atoms with van der Waals surface area (Å²) >= 11 is 5.15. The van der Waals surface area contributed by atoms with Crippen LogP contribution in [-0.4, -0.2) is 15.9 Å². The Morgan fingerprint density at radius 2 is 1.56 bits per heavy atom. The number of nitrogens with one attached hydrogen (secondary N) is 2. The number of thiocarbonyl (C=S) groups is 1. The van der Waals surface area contributed by atoms with Crippen molar-refractivity contribution in [1.29, 1.82) is 0 Å². The maximum absolute atomic E-state index is 12.2. The van der Waals surface area contributed by atoms with Gasteiger partial charge in [0, 0.05) is 23.4 Å². The molecule has 0 atom stereocenters. The fourth-order valence-corrected chi connectivity index (χ4v) is 2.69. The van der Waals surface area contributed by atoms with E-state index in [1.165, 1.54) is 24.3 Å². The van der Waals surface area contributed by atoms with E-state index in [-0.39, 0.29) is 16.4 Å². The summed E-state index contributed by atoms with van der Waals surface area (Å²) in [6.45, 7) is 0. The molecule has 0 bridgehead atoms. The molecule has 2 N–H and O–H groups in total. The van der Waals surface area contributed by atoms with Crippen LogP contribution in [0, 0.1) is 10.1 Å². The van der Waals surface area contributed by atoms with Gasteiger partial charge in [-0.3, -0.25) is 20.2 Å². The highest BCUT2D eigenvalue weighted by Gasteiger charge is 2.12. The number of rotatable bonds is 4. The van der Waals surface area contributed by atoms with Gasteiger partial charge in [-0.1, -0.05) is 48.5 Å². The van der Waals surface area contributed by atoms with E-state index in [4.69, 9.17) is 12.2 Å². The molecule has 1 amide bonds. The van der Waals surface area contributed by atoms with Crippen LogP contribution in [-0.2, 0) is 0 Å². The Labute approximate surface area is 161 Å². The van der Waals surface area contributed by atoms with Gasteiger partial charge in [0.15, 0.2) is 5.11 Å². The third-order valence-corrected chi connectivity index (χ3v) is 4.00. The van der Waals surface area contributed by atoms with Gasteiger partial charge in [0.2, 0.25) is 0 Å². The minimum atomic E-state index is -0.554. The van der Waals surface area contributed by atoms with E-state index < -0.39 is 10.8 Å². The Morgan fingerprint density at radius 1 is 0.889 bits per heavy atom. The smallest absolute Gasteiger partial charge is 0.270 e. The fraction of sp³-hybridized carbons (Fsp3) is 0. The molecule has 0 heterocycles. The van der Waals surface area contributed by atoms with Gasteiger partial charge in [-0.2, -0.15) is 0 Å². The summed E-state index contributed by atoms with van der Waals surface area (Å²) in [6, 6.07) is 23.0. The first-order valence-electron chi connectivity index (χ1n) is 8.05. The van der Waals surface area contributed by atoms with Crippen molar-refractivity contribution in [2.24, 2.45) is 0 Å². The second-order valence-corrected chi connectivity index (χ2v) is 6.07. The third kappa shape index (κ3) is 4.74. The zero-order valence-corrected chi connectivity index (χ0v) is 14.9. The number of benzene rings is 3. The topological polar surface area (TPSA) is 84.3 Å². The molecule has 6 nitrogen and oxygen atoms in total. The molecule has 3 aromatic carbocycles. The molecule has 0 aliphatic rings. The summed E-state index contributed by atoms with van der Waals surface area (Å²) in [5.74, 6) is -0.517. The molecule has 0 spiro atoms. The zero-order chi connectivity index (χ0) is 19.2. The molecule has 0 aromatic heterocycles. The molecular weight excluding hydrogens is 362 g/mol. The predicted molar refractivity (Wildman–Crippen MR) is 109 cm³/mol. The third-order valence-electron chi connectivity index (χ3n) is 3.80. The lowest BCUT2D eigenvalue weighted by Crippen LogP contribution is -2.34. The van der Waals surface area contributed by atoms with E-state index in [1.54, 1.807) is 0 Å². The predicted octanol–water partition coefficient (Wildman–Crippen LogP) is 4.39. The molecule has 0 saturated heterocycles. The highest BCUT2D eigenvalue weighted by atomic mass is 32.1. The Hall–Kier alpha value is -3.58. The first kappa shape index (κ1) is 18.2. The lowest BCUT2D eigenvalue weighted by atomic mass is 10.1. The van der Waals surface area contributed by atoms with Crippen molar-refractivity contribution in [2.45, 2.75) is 0 Å². The van der Waals surface area contributed by atoms with Gasteiger partial charge < -0.3 is 5.32 Å². The van der Waals surface area contributed by atoms with Crippen molar-refractivity contribution < 1.29 is 9.72 Å². The number of nitro groups is 1. The van der Waals surface area contributed by atoms with Gasteiger partial charge in [-0.25, -0.2) is 0 Å². The van der Waals surface area contributed by atoms with Crippen LogP contribution >= 0.6 is 12.2 Å². The van der Waals surface area contributed by atoms with Crippen LogP contribution in [0.3, 0.4) is 0 Å². The van der Waals surface area contributed by atoms with Crippen LogP contribution < -0.4 is 10.6 Å². The summed E-state index contributed by atoms with van der Waals surface area (Å²) < 4.78 is 0. The normalized spacial score (nSPS) is 10.1. The molecule has 0 aliphatic heterocycles. The van der Waals surface area contributed by atoms with E-state index in [1.807, 2.05) is 54.6 Å². The highest BCUT2D eigenvalue weighted by molar-refractivity contribution is 7.80. The monoisotopic (exact) mass is 377 g/mol. The molecule has 27 heavy (non-hydrogen) atoms. The maximum Gasteiger partial charge on any atom is 0.270 e. The van der Waals surface area contributed by atoms with Crippen LogP contribution in [0.2, 0.25) is 0 Å². The molecule has 0 fully saturated rings. The van der Waals surface area contributed by atoms with E-state index in [0.717, 1.165) is 16.8 Å². The van der Waals surface area contributed by atoms with E-state index in [0.29, 0.717) is 0 Å². The van der Waals surface area contributed by atoms with Crippen LogP contribution in [0.4, 0.5) is 11.4 Å². The summed E-state index contributed by atoms with van der Waals surface area (Å²) in [7, 11) is 0. The van der Waals surface area contributed by atoms with Crippen LogP contribution in [0.1, 0.15) is 10.4 Å². The minimum Gasteiger partial charge on any atom is -0.332 e. The van der Waals surface area contributed by atoms with E-state index in [9.17, 15) is 14.9 Å². The number of hydrogen-bond donors (Lipinski definition) is 2. The van der Waals surface area contributed by atoms with Crippen molar-refractivity contribution in [3.63, 3.8) is 0 Å². The molecule has 0 unspecified atom stereocenters. The molecule has 0 saturated carbocycles. The lowest BCUT2D eigenvalue weighted by Gasteiger charge is -2.10. The van der Waals surface area contributed by atoms with E-state index >= 15 is 0 Å². The number of nitro benzene ring substituents is 1. The van der Waals surface area contributed by atoms with Crippen LogP contribution in [0.25, 0.3) is 11.1 Å². The van der Waals surface area contributed by atoms with Crippen molar-refractivity contribution in [1.82, 2.24) is 5.32 Å². The van der Waals surface area contributed by atoms with Gasteiger partial charge in [-0.05, 0) is 41.5 Å². The van der Waals surface area contributed by atoms with Crippen molar-refractivity contribution in [2.75, 3.05) is 5.32 Å². The first-order valence-corrected chi connectivity index (χ1v) is 8.46. The number of carbonyl (C=O) groups excluding carboxylic acids is 1. The van der Waals surface area contributed by atoms with Gasteiger partial charge in [0.05, 0.1) is 4.92 Å². The highest BCUT2D eigenvalue weighted by Crippen LogP contribution is 2.21. The van der Waals surface area contributed by atoms with Crippen molar-refractivity contribution in [3.05, 3.63) is 94.5 Å². The quantitative estimate of drug-likeness (QED) is 0.400. The van der Waals surface area contributed by atoms with Gasteiger partial charge in [0.1, 0.15) is 0 Å².